The number of ether oxygens (including phenoxy) is 1. The van der Waals surface area contributed by atoms with Gasteiger partial charge in [-0.2, -0.15) is 5.26 Å². The fourth-order valence-electron chi connectivity index (χ4n) is 0.960. The predicted octanol–water partition coefficient (Wildman–Crippen LogP) is 2.29. The number of carbonyl (C=O) groups excluding carboxylic acids is 1. The van der Waals surface area contributed by atoms with Crippen LogP contribution in [0.25, 0.3) is 0 Å². The molecule has 3 nitrogen and oxygen atoms in total. The largest absolute Gasteiger partial charge is 0.465 e. The molecule has 0 aliphatic rings. The average Bonchev–Trinajstić information content (AvgIpc) is 2.20. The van der Waals surface area contributed by atoms with Crippen molar-refractivity contribution in [3.8, 4) is 6.07 Å². The summed E-state index contributed by atoms with van der Waals surface area (Å²) in [5.41, 5.74) is 0.240. The lowest BCUT2D eigenvalue weighted by Gasteiger charge is -2.05. The summed E-state index contributed by atoms with van der Waals surface area (Å²) < 4.78 is 4.51. The van der Waals surface area contributed by atoms with E-state index in [0.717, 1.165) is 0 Å². The molecular weight excluding hydrogens is 222 g/mol. The van der Waals surface area contributed by atoms with Crippen LogP contribution in [0.5, 0.6) is 0 Å². The summed E-state index contributed by atoms with van der Waals surface area (Å²) >= 11 is 9.86. The third-order valence-corrected chi connectivity index (χ3v) is 2.53. The molecule has 72 valence electrons. The fraction of sp³-hybridized carbons (Fsp3) is 0.111. The van der Waals surface area contributed by atoms with Crippen LogP contribution in [0.1, 0.15) is 15.9 Å². The van der Waals surface area contributed by atoms with Crippen molar-refractivity contribution in [3.63, 3.8) is 0 Å². The average molecular weight is 228 g/mol. The van der Waals surface area contributed by atoms with Gasteiger partial charge in [0.2, 0.25) is 0 Å². The van der Waals surface area contributed by atoms with Gasteiger partial charge in [-0.25, -0.2) is 4.79 Å². The molecule has 0 unspecified atom stereocenters. The monoisotopic (exact) mass is 227 g/mol. The highest BCUT2D eigenvalue weighted by atomic mass is 35.5. The molecule has 0 saturated carbocycles. The van der Waals surface area contributed by atoms with Crippen LogP contribution in [-0.2, 0) is 4.74 Å². The highest BCUT2D eigenvalue weighted by molar-refractivity contribution is 7.80. The van der Waals surface area contributed by atoms with Crippen molar-refractivity contribution in [3.05, 3.63) is 28.3 Å². The molecule has 0 bridgehead atoms. The van der Waals surface area contributed by atoms with Gasteiger partial charge >= 0.3 is 5.97 Å². The minimum absolute atomic E-state index is 0.0594. The zero-order valence-corrected chi connectivity index (χ0v) is 8.89. The maximum atomic E-state index is 11.3. The second kappa shape index (κ2) is 4.36. The van der Waals surface area contributed by atoms with Crippen LogP contribution in [0.15, 0.2) is 17.0 Å². The number of carbonyl (C=O) groups is 1. The normalized spacial score (nSPS) is 9.29. The summed E-state index contributed by atoms with van der Waals surface area (Å²) in [6.45, 7) is 0. The number of benzene rings is 1. The first-order chi connectivity index (χ1) is 6.61. The molecule has 0 heterocycles. The number of hydrogen-bond donors (Lipinski definition) is 1. The molecule has 14 heavy (non-hydrogen) atoms. The van der Waals surface area contributed by atoms with Crippen LogP contribution in [0.2, 0.25) is 5.02 Å². The highest BCUT2D eigenvalue weighted by Crippen LogP contribution is 2.27. The Morgan fingerprint density at radius 3 is 2.79 bits per heavy atom. The van der Waals surface area contributed by atoms with E-state index in [9.17, 15) is 4.79 Å². The molecule has 1 aromatic carbocycles. The van der Waals surface area contributed by atoms with Gasteiger partial charge in [0.15, 0.2) is 0 Å². The minimum atomic E-state index is -0.637. The SMILES string of the molecule is COC(=O)c1c(C#N)ccc(S)c1Cl. The second-order valence-electron chi connectivity index (χ2n) is 2.42. The molecule has 1 aromatic rings. The number of methoxy groups -OCH3 is 1. The van der Waals surface area contributed by atoms with Gasteiger partial charge < -0.3 is 4.74 Å². The van der Waals surface area contributed by atoms with Crippen LogP contribution < -0.4 is 0 Å². The summed E-state index contributed by atoms with van der Waals surface area (Å²) in [6.07, 6.45) is 0. The third-order valence-electron chi connectivity index (χ3n) is 1.63. The maximum Gasteiger partial charge on any atom is 0.340 e. The number of esters is 1. The number of halogens is 1. The van der Waals surface area contributed by atoms with Crippen LogP contribution in [0.3, 0.4) is 0 Å². The standard InChI is InChI=1S/C9H6ClNO2S/c1-13-9(12)7-5(4-11)2-3-6(14)8(7)10/h2-3,14H,1H3. The quantitative estimate of drug-likeness (QED) is 0.592. The summed E-state index contributed by atoms with van der Waals surface area (Å²) in [7, 11) is 1.23. The van der Waals surface area contributed by atoms with E-state index in [1.165, 1.54) is 13.2 Å². The zero-order chi connectivity index (χ0) is 10.7. The van der Waals surface area contributed by atoms with E-state index < -0.39 is 5.97 Å². The van der Waals surface area contributed by atoms with Gasteiger partial charge in [-0.1, -0.05) is 11.6 Å². The second-order valence-corrected chi connectivity index (χ2v) is 3.28. The first-order valence-electron chi connectivity index (χ1n) is 3.61. The first kappa shape index (κ1) is 10.9. The Kier molecular flexibility index (Phi) is 3.39. The van der Waals surface area contributed by atoms with Crippen molar-refractivity contribution < 1.29 is 9.53 Å². The number of thiol groups is 1. The maximum absolute atomic E-state index is 11.3. The molecule has 0 atom stereocenters. The molecule has 0 fully saturated rings. The zero-order valence-electron chi connectivity index (χ0n) is 7.24. The molecule has 0 saturated heterocycles. The molecule has 0 aromatic heterocycles. The van der Waals surface area contributed by atoms with E-state index in [4.69, 9.17) is 16.9 Å². The van der Waals surface area contributed by atoms with Gasteiger partial charge in [0.1, 0.15) is 6.07 Å². The lowest BCUT2D eigenvalue weighted by Crippen LogP contribution is -2.05. The summed E-state index contributed by atoms with van der Waals surface area (Å²) in [4.78, 5) is 11.7. The van der Waals surface area contributed by atoms with Gasteiger partial charge in [-0.3, -0.25) is 0 Å². The number of hydrogen-bond acceptors (Lipinski definition) is 4. The number of rotatable bonds is 1. The van der Waals surface area contributed by atoms with Crippen molar-refractivity contribution >= 4 is 30.2 Å². The third kappa shape index (κ3) is 1.84. The predicted molar refractivity (Wildman–Crippen MR) is 54.8 cm³/mol. The van der Waals surface area contributed by atoms with Gasteiger partial charge in [-0.05, 0) is 12.1 Å². The first-order valence-corrected chi connectivity index (χ1v) is 4.44. The fourth-order valence-corrected chi connectivity index (χ4v) is 1.39. The van der Waals surface area contributed by atoms with Crippen LogP contribution in [0, 0.1) is 11.3 Å². The molecule has 1 rings (SSSR count). The summed E-state index contributed by atoms with van der Waals surface area (Å²) in [5.74, 6) is -0.637. The van der Waals surface area contributed by atoms with Gasteiger partial charge in [0.05, 0.1) is 23.3 Å². The smallest absolute Gasteiger partial charge is 0.340 e. The molecule has 0 amide bonds. The molecule has 0 radical (unpaired) electrons. The Morgan fingerprint density at radius 1 is 1.64 bits per heavy atom. The Bertz CT molecular complexity index is 426. The van der Waals surface area contributed by atoms with Crippen molar-refractivity contribution in [2.75, 3.05) is 7.11 Å². The topological polar surface area (TPSA) is 50.1 Å². The van der Waals surface area contributed by atoms with Crippen LogP contribution in [0.4, 0.5) is 0 Å². The van der Waals surface area contributed by atoms with Gasteiger partial charge in [0, 0.05) is 4.90 Å². The van der Waals surface area contributed by atoms with E-state index in [-0.39, 0.29) is 16.1 Å². The Labute approximate surface area is 91.7 Å². The number of nitriles is 1. The lowest BCUT2D eigenvalue weighted by molar-refractivity contribution is 0.0600. The molecule has 0 spiro atoms. The van der Waals surface area contributed by atoms with Gasteiger partial charge in [0.25, 0.3) is 0 Å². The van der Waals surface area contributed by atoms with Crippen molar-refractivity contribution in [2.24, 2.45) is 0 Å². The van der Waals surface area contributed by atoms with Crippen molar-refractivity contribution in [1.82, 2.24) is 0 Å². The summed E-state index contributed by atoms with van der Waals surface area (Å²) in [5, 5.41) is 8.87. The lowest BCUT2D eigenvalue weighted by atomic mass is 10.1. The molecule has 0 aliphatic heterocycles. The molecular formula is C9H6ClNO2S. The van der Waals surface area contributed by atoms with E-state index in [2.05, 4.69) is 17.4 Å². The summed E-state index contributed by atoms with van der Waals surface area (Å²) in [6, 6.07) is 4.88. The molecule has 0 N–H and O–H groups in total. The van der Waals surface area contributed by atoms with Crippen LogP contribution in [-0.4, -0.2) is 13.1 Å². The molecule has 5 heteroatoms. The Morgan fingerprint density at radius 2 is 2.29 bits per heavy atom. The van der Waals surface area contributed by atoms with Crippen molar-refractivity contribution in [2.45, 2.75) is 4.90 Å². The Balaban J connectivity index is 3.45. The van der Waals surface area contributed by atoms with E-state index >= 15 is 0 Å². The van der Waals surface area contributed by atoms with Crippen molar-refractivity contribution in [1.29, 1.82) is 5.26 Å². The Hall–Kier alpha value is -1.18. The highest BCUT2D eigenvalue weighted by Gasteiger charge is 2.17. The van der Waals surface area contributed by atoms with E-state index in [0.29, 0.717) is 4.90 Å². The molecule has 0 aliphatic carbocycles. The van der Waals surface area contributed by atoms with Gasteiger partial charge in [-0.15, -0.1) is 12.6 Å². The van der Waals surface area contributed by atoms with E-state index in [1.807, 2.05) is 6.07 Å². The minimum Gasteiger partial charge on any atom is -0.465 e. The van der Waals surface area contributed by atoms with Crippen LogP contribution >= 0.6 is 24.2 Å². The van der Waals surface area contributed by atoms with E-state index in [1.54, 1.807) is 6.07 Å². The number of nitrogens with zero attached hydrogens (tertiary/aromatic N) is 1.